The maximum atomic E-state index is 12.1. The van der Waals surface area contributed by atoms with Crippen molar-refractivity contribution in [1.29, 1.82) is 0 Å². The van der Waals surface area contributed by atoms with Crippen LogP contribution in [0.1, 0.15) is 22.7 Å². The van der Waals surface area contributed by atoms with E-state index in [9.17, 15) is 9.59 Å². The van der Waals surface area contributed by atoms with Gasteiger partial charge in [0.1, 0.15) is 5.75 Å². The average molecular weight is 400 g/mol. The molecule has 3 aromatic rings. The number of Topliss-reactive ketones (excluding diaryl/α,β-unsaturated/α-hetero) is 1. The van der Waals surface area contributed by atoms with E-state index < -0.39 is 5.97 Å². The molecular weight excluding hydrogens is 382 g/mol. The second kappa shape index (κ2) is 9.19. The highest BCUT2D eigenvalue weighted by molar-refractivity contribution is 6.32. The van der Waals surface area contributed by atoms with Crippen molar-refractivity contribution in [3.63, 3.8) is 0 Å². The molecule has 3 rings (SSSR count). The Kier molecular flexibility index (Phi) is 6.45. The summed E-state index contributed by atoms with van der Waals surface area (Å²) in [6.07, 6.45) is 1.96. The summed E-state index contributed by atoms with van der Waals surface area (Å²) in [5, 5.41) is 0.317. The molecule has 2 aromatic carbocycles. The van der Waals surface area contributed by atoms with E-state index in [4.69, 9.17) is 25.5 Å². The number of hydrogen-bond donors (Lipinski definition) is 0. The number of aryl methyl sites for hydroxylation is 1. The summed E-state index contributed by atoms with van der Waals surface area (Å²) in [6.45, 7) is -0.359. The summed E-state index contributed by atoms with van der Waals surface area (Å²) < 4.78 is 15.7. The van der Waals surface area contributed by atoms with Gasteiger partial charge < -0.3 is 13.9 Å². The highest BCUT2D eigenvalue weighted by Crippen LogP contribution is 2.25. The quantitative estimate of drug-likeness (QED) is 0.413. The maximum absolute atomic E-state index is 12.1. The largest absolute Gasteiger partial charge is 0.495 e. The lowest BCUT2D eigenvalue weighted by molar-refractivity contribution is -0.142. The van der Waals surface area contributed by atoms with Crippen LogP contribution in [0.15, 0.2) is 59.1 Å². The molecule has 0 bridgehead atoms. The second-order valence-corrected chi connectivity index (χ2v) is 6.32. The molecule has 0 N–H and O–H groups in total. The van der Waals surface area contributed by atoms with Crippen molar-refractivity contribution < 1.29 is 23.5 Å². The van der Waals surface area contributed by atoms with Gasteiger partial charge in [0.2, 0.25) is 0 Å². The minimum Gasteiger partial charge on any atom is -0.495 e. The van der Waals surface area contributed by atoms with Crippen LogP contribution in [0.5, 0.6) is 5.75 Å². The van der Waals surface area contributed by atoms with Crippen molar-refractivity contribution in [2.75, 3.05) is 13.7 Å². The average Bonchev–Trinajstić information content (AvgIpc) is 3.20. The van der Waals surface area contributed by atoms with Crippen molar-refractivity contribution in [3.8, 4) is 17.1 Å². The molecule has 0 spiro atoms. The molecule has 0 fully saturated rings. The summed E-state index contributed by atoms with van der Waals surface area (Å²) in [6, 6.07) is 14.2. The van der Waals surface area contributed by atoms with E-state index in [-0.39, 0.29) is 25.2 Å². The molecule has 7 heteroatoms. The number of esters is 1. The predicted molar refractivity (Wildman–Crippen MR) is 104 cm³/mol. The van der Waals surface area contributed by atoms with Crippen molar-refractivity contribution >= 4 is 23.4 Å². The molecule has 28 heavy (non-hydrogen) atoms. The van der Waals surface area contributed by atoms with Gasteiger partial charge in [-0.1, -0.05) is 41.9 Å². The zero-order chi connectivity index (χ0) is 19.9. The van der Waals surface area contributed by atoms with Crippen LogP contribution < -0.4 is 4.74 Å². The summed E-state index contributed by atoms with van der Waals surface area (Å²) in [5.74, 6) is 0.684. The summed E-state index contributed by atoms with van der Waals surface area (Å²) in [4.78, 5) is 28.2. The van der Waals surface area contributed by atoms with Crippen LogP contribution in [0, 0.1) is 0 Å². The molecule has 6 nitrogen and oxygen atoms in total. The first kappa shape index (κ1) is 19.6. The van der Waals surface area contributed by atoms with Crippen LogP contribution >= 0.6 is 11.6 Å². The number of methoxy groups -OCH3 is 1. The minimum atomic E-state index is -0.507. The molecule has 0 aliphatic carbocycles. The highest BCUT2D eigenvalue weighted by Gasteiger charge is 2.14. The van der Waals surface area contributed by atoms with Gasteiger partial charge in [-0.25, -0.2) is 4.98 Å². The molecule has 0 aliphatic heterocycles. The minimum absolute atomic E-state index is 0.0609. The normalized spacial score (nSPS) is 10.5. The number of oxazole rings is 1. The summed E-state index contributed by atoms with van der Waals surface area (Å²) >= 11 is 6.00. The number of ketones is 1. The zero-order valence-corrected chi connectivity index (χ0v) is 15.9. The standard InChI is InChI=1S/C21H18ClNO5/c1-26-18-8-7-15(11-16(18)22)17(24)13-27-21(25)10-9-20-23-12-19(28-20)14-5-3-2-4-6-14/h2-8,11-12H,9-10,13H2,1H3. The smallest absolute Gasteiger partial charge is 0.306 e. The van der Waals surface area contributed by atoms with Crippen molar-refractivity contribution in [3.05, 3.63) is 71.2 Å². The van der Waals surface area contributed by atoms with Gasteiger partial charge in [0.25, 0.3) is 0 Å². The van der Waals surface area contributed by atoms with Gasteiger partial charge in [-0.15, -0.1) is 0 Å². The molecule has 0 saturated carbocycles. The maximum Gasteiger partial charge on any atom is 0.306 e. The Balaban J connectivity index is 1.48. The van der Waals surface area contributed by atoms with Crippen LogP contribution in [0.2, 0.25) is 5.02 Å². The van der Waals surface area contributed by atoms with E-state index in [1.54, 1.807) is 18.3 Å². The number of carbonyl (C=O) groups is 2. The lowest BCUT2D eigenvalue weighted by Gasteiger charge is -2.06. The third-order valence-corrected chi connectivity index (χ3v) is 4.29. The van der Waals surface area contributed by atoms with Gasteiger partial charge in [0.15, 0.2) is 24.0 Å². The van der Waals surface area contributed by atoms with E-state index in [2.05, 4.69) is 4.98 Å². The first-order chi connectivity index (χ1) is 13.6. The van der Waals surface area contributed by atoms with Gasteiger partial charge in [-0.2, -0.15) is 0 Å². The van der Waals surface area contributed by atoms with Gasteiger partial charge in [0.05, 0.1) is 24.8 Å². The van der Waals surface area contributed by atoms with Crippen molar-refractivity contribution in [2.45, 2.75) is 12.8 Å². The van der Waals surface area contributed by atoms with Crippen molar-refractivity contribution in [2.24, 2.45) is 0 Å². The molecule has 0 unspecified atom stereocenters. The fourth-order valence-electron chi connectivity index (χ4n) is 2.51. The molecule has 0 amide bonds. The number of nitrogens with zero attached hydrogens (tertiary/aromatic N) is 1. The SMILES string of the molecule is COc1ccc(C(=O)COC(=O)CCc2ncc(-c3ccccc3)o2)cc1Cl. The Morgan fingerprint density at radius 3 is 2.64 bits per heavy atom. The molecule has 0 atom stereocenters. The van der Waals surface area contributed by atoms with Crippen molar-refractivity contribution in [1.82, 2.24) is 4.98 Å². The van der Waals surface area contributed by atoms with E-state index in [0.717, 1.165) is 5.56 Å². The van der Waals surface area contributed by atoms with E-state index in [1.165, 1.54) is 13.2 Å². The second-order valence-electron chi connectivity index (χ2n) is 5.92. The van der Waals surface area contributed by atoms with Gasteiger partial charge in [-0.3, -0.25) is 9.59 Å². The molecule has 0 saturated heterocycles. The zero-order valence-electron chi connectivity index (χ0n) is 15.2. The number of rotatable bonds is 8. The van der Waals surface area contributed by atoms with E-state index >= 15 is 0 Å². The molecule has 1 aromatic heterocycles. The first-order valence-corrected chi connectivity index (χ1v) is 8.97. The topological polar surface area (TPSA) is 78.6 Å². The Morgan fingerprint density at radius 1 is 1.14 bits per heavy atom. The summed E-state index contributed by atoms with van der Waals surface area (Å²) in [7, 11) is 1.49. The van der Waals surface area contributed by atoms with Gasteiger partial charge >= 0.3 is 5.97 Å². The summed E-state index contributed by atoms with van der Waals surface area (Å²) in [5.41, 5.74) is 1.26. The molecule has 144 valence electrons. The Bertz CT molecular complexity index is 968. The van der Waals surface area contributed by atoms with Gasteiger partial charge in [0, 0.05) is 17.5 Å². The lowest BCUT2D eigenvalue weighted by atomic mass is 10.1. The number of halogens is 1. The van der Waals surface area contributed by atoms with Crippen LogP contribution in [0.3, 0.4) is 0 Å². The third-order valence-electron chi connectivity index (χ3n) is 3.99. The fourth-order valence-corrected chi connectivity index (χ4v) is 2.77. The molecule has 0 radical (unpaired) electrons. The Morgan fingerprint density at radius 2 is 1.93 bits per heavy atom. The molecule has 1 heterocycles. The van der Waals surface area contributed by atoms with E-state index in [1.807, 2.05) is 30.3 Å². The van der Waals surface area contributed by atoms with Gasteiger partial charge in [-0.05, 0) is 18.2 Å². The third kappa shape index (κ3) is 4.98. The van der Waals surface area contributed by atoms with Crippen LogP contribution in [0.25, 0.3) is 11.3 Å². The lowest BCUT2D eigenvalue weighted by Crippen LogP contribution is -2.14. The predicted octanol–water partition coefficient (Wildman–Crippen LogP) is 4.36. The highest BCUT2D eigenvalue weighted by atomic mass is 35.5. The number of aromatic nitrogens is 1. The van der Waals surface area contributed by atoms with Crippen LogP contribution in [-0.2, 0) is 16.0 Å². The fraction of sp³-hybridized carbons (Fsp3) is 0.190. The van der Waals surface area contributed by atoms with Crippen LogP contribution in [-0.4, -0.2) is 30.5 Å². The Labute approximate surface area is 167 Å². The molecule has 0 aliphatic rings. The number of ether oxygens (including phenoxy) is 2. The number of hydrogen-bond acceptors (Lipinski definition) is 6. The number of benzene rings is 2. The first-order valence-electron chi connectivity index (χ1n) is 8.59. The Hall–Kier alpha value is -3.12. The number of carbonyl (C=O) groups excluding carboxylic acids is 2. The van der Waals surface area contributed by atoms with E-state index in [0.29, 0.717) is 28.0 Å². The molecular formula is C21H18ClNO5. The monoisotopic (exact) mass is 399 g/mol. The van der Waals surface area contributed by atoms with Crippen LogP contribution in [0.4, 0.5) is 0 Å².